The van der Waals surface area contributed by atoms with Crippen LogP contribution in [0.3, 0.4) is 0 Å². The molecule has 0 spiro atoms. The largest absolute Gasteiger partial charge is 0.447 e. The van der Waals surface area contributed by atoms with E-state index in [0.29, 0.717) is 22.2 Å². The van der Waals surface area contributed by atoms with Crippen LogP contribution in [0.1, 0.15) is 5.56 Å². The topological polar surface area (TPSA) is 83.2 Å². The third-order valence-corrected chi connectivity index (χ3v) is 4.73. The second kappa shape index (κ2) is 7.50. The molecular formula is C20H16F3N3O3. The van der Waals surface area contributed by atoms with Gasteiger partial charge < -0.3 is 20.4 Å². The molecule has 0 bridgehead atoms. The number of ether oxygens (including phenoxy) is 1. The lowest BCUT2D eigenvalue weighted by atomic mass is 10.0. The van der Waals surface area contributed by atoms with Crippen molar-refractivity contribution in [3.8, 4) is 11.3 Å². The first kappa shape index (κ1) is 18.9. The monoisotopic (exact) mass is 403 g/mol. The molecule has 2 amide bonds. The molecule has 1 aliphatic heterocycles. The van der Waals surface area contributed by atoms with Gasteiger partial charge in [-0.05, 0) is 47.9 Å². The maximum Gasteiger partial charge on any atom is 0.407 e. The highest BCUT2D eigenvalue weighted by molar-refractivity contribution is 5.91. The highest BCUT2D eigenvalue weighted by atomic mass is 19.1. The van der Waals surface area contributed by atoms with E-state index < -0.39 is 35.5 Å². The van der Waals surface area contributed by atoms with Crippen LogP contribution in [0.25, 0.3) is 22.2 Å². The maximum atomic E-state index is 14.3. The van der Waals surface area contributed by atoms with Crippen LogP contribution in [0.4, 0.5) is 18.0 Å². The first-order valence-corrected chi connectivity index (χ1v) is 8.89. The van der Waals surface area contributed by atoms with Gasteiger partial charge in [-0.2, -0.15) is 0 Å². The van der Waals surface area contributed by atoms with Crippen LogP contribution in [0, 0.1) is 17.5 Å². The molecule has 1 atom stereocenters. The Balaban J connectivity index is 1.62. The molecule has 0 saturated carbocycles. The molecule has 9 heteroatoms. The van der Waals surface area contributed by atoms with Crippen LogP contribution < -0.4 is 10.6 Å². The van der Waals surface area contributed by atoms with Crippen molar-refractivity contribution in [3.05, 3.63) is 59.4 Å². The van der Waals surface area contributed by atoms with Gasteiger partial charge in [0.05, 0.1) is 5.52 Å². The molecule has 1 aliphatic rings. The fraction of sp³-hybridized carbons (Fsp3) is 0.200. The minimum Gasteiger partial charge on any atom is -0.447 e. The third-order valence-electron chi connectivity index (χ3n) is 4.73. The number of halogens is 3. The molecular weight excluding hydrogens is 387 g/mol. The van der Waals surface area contributed by atoms with Gasteiger partial charge in [0.1, 0.15) is 30.1 Å². The summed E-state index contributed by atoms with van der Waals surface area (Å²) in [5.41, 5.74) is 1.82. The van der Waals surface area contributed by atoms with Crippen molar-refractivity contribution >= 4 is 22.9 Å². The second-order valence-corrected chi connectivity index (χ2v) is 6.63. The number of amides is 2. The smallest absolute Gasteiger partial charge is 0.407 e. The summed E-state index contributed by atoms with van der Waals surface area (Å²) in [5.74, 6) is -2.31. The van der Waals surface area contributed by atoms with Crippen molar-refractivity contribution in [2.45, 2.75) is 12.5 Å². The Bertz CT molecular complexity index is 1100. The summed E-state index contributed by atoms with van der Waals surface area (Å²) < 4.78 is 46.0. The van der Waals surface area contributed by atoms with E-state index in [-0.39, 0.29) is 25.1 Å². The van der Waals surface area contributed by atoms with E-state index in [0.717, 1.165) is 6.07 Å². The highest BCUT2D eigenvalue weighted by Crippen LogP contribution is 2.32. The molecule has 2 aromatic carbocycles. The quantitative estimate of drug-likeness (QED) is 0.613. The molecule has 6 nitrogen and oxygen atoms in total. The molecule has 1 aromatic heterocycles. The van der Waals surface area contributed by atoms with E-state index in [9.17, 15) is 22.8 Å². The first-order valence-electron chi connectivity index (χ1n) is 8.89. The highest BCUT2D eigenvalue weighted by Gasteiger charge is 2.28. The van der Waals surface area contributed by atoms with Crippen molar-refractivity contribution < 1.29 is 27.5 Å². The number of fused-ring (bicyclic) bond motifs is 1. The molecule has 2 heterocycles. The van der Waals surface area contributed by atoms with Gasteiger partial charge in [0.25, 0.3) is 0 Å². The van der Waals surface area contributed by atoms with Gasteiger partial charge in [-0.3, -0.25) is 4.79 Å². The average Bonchev–Trinajstić information content (AvgIpc) is 3.27. The molecule has 1 fully saturated rings. The van der Waals surface area contributed by atoms with E-state index in [1.165, 1.54) is 30.3 Å². The molecule has 0 aliphatic carbocycles. The van der Waals surface area contributed by atoms with Crippen LogP contribution in [-0.2, 0) is 16.0 Å². The lowest BCUT2D eigenvalue weighted by Crippen LogP contribution is -2.43. The fourth-order valence-electron chi connectivity index (χ4n) is 3.36. The van der Waals surface area contributed by atoms with E-state index in [4.69, 9.17) is 0 Å². The number of benzene rings is 2. The molecule has 3 N–H and O–H groups in total. The van der Waals surface area contributed by atoms with Gasteiger partial charge >= 0.3 is 6.09 Å². The second-order valence-electron chi connectivity index (χ2n) is 6.63. The zero-order valence-corrected chi connectivity index (χ0v) is 15.0. The number of H-pyrrole nitrogens is 1. The Hall–Kier alpha value is -3.49. The zero-order chi connectivity index (χ0) is 20.5. The summed E-state index contributed by atoms with van der Waals surface area (Å²) >= 11 is 0. The van der Waals surface area contributed by atoms with E-state index in [1.807, 2.05) is 0 Å². The number of hydrogen-bond acceptors (Lipinski definition) is 3. The summed E-state index contributed by atoms with van der Waals surface area (Å²) in [6.07, 6.45) is -0.408. The molecule has 1 saturated heterocycles. The molecule has 3 aromatic rings. The number of rotatable bonds is 5. The Labute approximate surface area is 163 Å². The van der Waals surface area contributed by atoms with Crippen LogP contribution >= 0.6 is 0 Å². The van der Waals surface area contributed by atoms with Gasteiger partial charge in [0.15, 0.2) is 0 Å². The standard InChI is InChI=1S/C20H16F3N3O3/c21-11-3-1-10(2-4-11)17-13(14-7-12(22)8-15(23)18(14)26-17)5-6-24-19(27)16-9-29-20(28)25-16/h1-4,7-8,16,26H,5-6,9H2,(H,24,27)(H,25,28)/t16-/m1/s1. The molecule has 150 valence electrons. The van der Waals surface area contributed by atoms with E-state index in [2.05, 4.69) is 20.4 Å². The Morgan fingerprint density at radius 3 is 2.59 bits per heavy atom. The van der Waals surface area contributed by atoms with Crippen LogP contribution in [0.15, 0.2) is 36.4 Å². The summed E-state index contributed by atoms with van der Waals surface area (Å²) in [7, 11) is 0. The third kappa shape index (κ3) is 3.75. The molecule has 29 heavy (non-hydrogen) atoms. The zero-order valence-electron chi connectivity index (χ0n) is 15.0. The van der Waals surface area contributed by atoms with Crippen molar-refractivity contribution in [2.75, 3.05) is 13.2 Å². The van der Waals surface area contributed by atoms with Crippen LogP contribution in [-0.4, -0.2) is 36.2 Å². The van der Waals surface area contributed by atoms with E-state index >= 15 is 0 Å². The first-order chi connectivity index (χ1) is 13.9. The predicted octanol–water partition coefficient (Wildman–Crippen LogP) is 3.02. The maximum absolute atomic E-state index is 14.3. The number of alkyl carbamates (subject to hydrolysis) is 1. The number of aromatic amines is 1. The van der Waals surface area contributed by atoms with Gasteiger partial charge in [-0.15, -0.1) is 0 Å². The van der Waals surface area contributed by atoms with Crippen molar-refractivity contribution in [1.82, 2.24) is 15.6 Å². The number of carbonyl (C=O) groups is 2. The number of hydrogen-bond donors (Lipinski definition) is 3. The normalized spacial score (nSPS) is 16.0. The number of aromatic nitrogens is 1. The minimum absolute atomic E-state index is 0.0605. The SMILES string of the molecule is O=C1N[C@@H](C(=O)NCCc2c(-c3ccc(F)cc3)[nH]c3c(F)cc(F)cc23)CO1. The van der Waals surface area contributed by atoms with E-state index in [1.54, 1.807) is 0 Å². The van der Waals surface area contributed by atoms with Gasteiger partial charge in [0.2, 0.25) is 5.91 Å². The van der Waals surface area contributed by atoms with Crippen LogP contribution in [0.2, 0.25) is 0 Å². The lowest BCUT2D eigenvalue weighted by Gasteiger charge is -2.10. The van der Waals surface area contributed by atoms with Gasteiger partial charge in [-0.25, -0.2) is 18.0 Å². The summed E-state index contributed by atoms with van der Waals surface area (Å²) in [6, 6.07) is 6.81. The molecule has 0 unspecified atom stereocenters. The summed E-state index contributed by atoms with van der Waals surface area (Å²) in [5, 5.41) is 5.38. The molecule has 4 rings (SSSR count). The Kier molecular flexibility index (Phi) is 4.87. The van der Waals surface area contributed by atoms with Crippen molar-refractivity contribution in [1.29, 1.82) is 0 Å². The lowest BCUT2D eigenvalue weighted by molar-refractivity contribution is -0.122. The van der Waals surface area contributed by atoms with Gasteiger partial charge in [-0.1, -0.05) is 0 Å². The predicted molar refractivity (Wildman–Crippen MR) is 98.6 cm³/mol. The number of carbonyl (C=O) groups excluding carboxylic acids is 2. The fourth-order valence-corrected chi connectivity index (χ4v) is 3.36. The number of cyclic esters (lactones) is 1. The van der Waals surface area contributed by atoms with Crippen LogP contribution in [0.5, 0.6) is 0 Å². The minimum atomic E-state index is -0.781. The molecule has 0 radical (unpaired) electrons. The van der Waals surface area contributed by atoms with Gasteiger partial charge in [0, 0.05) is 23.7 Å². The Morgan fingerprint density at radius 1 is 1.14 bits per heavy atom. The van der Waals surface area contributed by atoms with Crippen molar-refractivity contribution in [3.63, 3.8) is 0 Å². The summed E-state index contributed by atoms with van der Waals surface area (Å²) in [4.78, 5) is 26.1. The van der Waals surface area contributed by atoms with Crippen molar-refractivity contribution in [2.24, 2.45) is 0 Å². The Morgan fingerprint density at radius 2 is 1.90 bits per heavy atom. The summed E-state index contributed by atoms with van der Waals surface area (Å²) in [6.45, 7) is 0.0967. The average molecular weight is 403 g/mol. The number of nitrogens with one attached hydrogen (secondary N) is 3.